The Hall–Kier alpha value is -6.62. The average molecular weight is 740 g/mol. The third-order valence-corrected chi connectivity index (χ3v) is 11.6. The topological polar surface area (TPSA) is 50.7 Å². The van der Waals surface area contributed by atoms with Gasteiger partial charge in [0, 0.05) is 31.3 Å². The van der Waals surface area contributed by atoms with Crippen LogP contribution < -0.4 is 5.73 Å². The van der Waals surface area contributed by atoms with Gasteiger partial charge in [-0.1, -0.05) is 152 Å². The Morgan fingerprint density at radius 2 is 1.29 bits per heavy atom. The molecule has 3 nitrogen and oxygen atoms in total. The molecule has 7 aromatic rings. The van der Waals surface area contributed by atoms with Crippen LogP contribution >= 0.6 is 11.3 Å². The summed E-state index contributed by atoms with van der Waals surface area (Å²) in [5.41, 5.74) is 19.4. The van der Waals surface area contributed by atoms with Gasteiger partial charge in [0.2, 0.25) is 0 Å². The highest BCUT2D eigenvalue weighted by Crippen LogP contribution is 2.39. The smallest absolute Gasteiger partial charge is 0.157 e. The first-order valence-corrected chi connectivity index (χ1v) is 20.1. The van der Waals surface area contributed by atoms with Crippen molar-refractivity contribution in [1.29, 1.82) is 0 Å². The molecule has 2 aliphatic rings. The molecule has 0 atom stereocenters. The fraction of sp³-hybridized carbons (Fsp3) is 0.0769. The largest absolute Gasteiger partial charge is 0.383 e. The van der Waals surface area contributed by atoms with Gasteiger partial charge >= 0.3 is 0 Å². The molecule has 0 unspecified atom stereocenters. The van der Waals surface area contributed by atoms with Crippen molar-refractivity contribution >= 4 is 48.8 Å². The molecule has 0 aliphatic heterocycles. The number of allylic oxidation sites excluding steroid dienone is 8. The zero-order valence-electron chi connectivity index (χ0n) is 31.1. The van der Waals surface area contributed by atoms with Crippen molar-refractivity contribution in [1.82, 2.24) is 0 Å². The fourth-order valence-electron chi connectivity index (χ4n) is 7.54. The minimum atomic E-state index is 0.453. The van der Waals surface area contributed by atoms with Crippen molar-refractivity contribution in [2.24, 2.45) is 15.7 Å². The maximum atomic E-state index is 6.54. The van der Waals surface area contributed by atoms with Crippen LogP contribution in [0.5, 0.6) is 0 Å². The maximum Gasteiger partial charge on any atom is 0.157 e. The highest BCUT2D eigenvalue weighted by atomic mass is 32.1. The molecule has 0 fully saturated rings. The number of thiophene rings is 1. The van der Waals surface area contributed by atoms with Crippen LogP contribution in [0.3, 0.4) is 0 Å². The highest BCUT2D eigenvalue weighted by molar-refractivity contribution is 7.25. The molecule has 0 spiro atoms. The number of benzene rings is 6. The van der Waals surface area contributed by atoms with E-state index in [1.807, 2.05) is 47.7 Å². The van der Waals surface area contributed by atoms with E-state index in [0.29, 0.717) is 18.2 Å². The number of nitrogens with two attached hydrogens (primary N) is 1. The first-order chi connectivity index (χ1) is 27.7. The van der Waals surface area contributed by atoms with Crippen molar-refractivity contribution in [3.8, 4) is 33.4 Å². The van der Waals surface area contributed by atoms with Crippen LogP contribution in [0.1, 0.15) is 36.0 Å². The SMILES string of the molecule is NC(=NC(=NCc1cccc2sc3ccc(-c4ccc(-c5cc(C6=CCCC=C6)cc(-c6ccccc6)c5)cc4)cc3c12)C1=CCC=CC=C1)c1ccccc1. The normalized spacial score (nSPS) is 14.6. The highest BCUT2D eigenvalue weighted by Gasteiger charge is 2.14. The zero-order chi connectivity index (χ0) is 37.7. The van der Waals surface area contributed by atoms with Gasteiger partial charge in [-0.05, 0) is 106 Å². The van der Waals surface area contributed by atoms with Gasteiger partial charge in [-0.3, -0.25) is 4.99 Å². The standard InChI is InChI=1S/C52H41N3S/c53-51(40-19-12-5-13-20-40)55-52(41-21-6-1-2-7-22-41)54-35-43-23-14-24-49-50(43)47-34-42(29-30-48(47)56-49)38-25-27-39(28-26-38)46-32-44(36-15-8-3-9-16-36)31-45(33-46)37-17-10-4-11-18-37/h1-3,5-6,8-10,12-34H,4,7,11,35H2,(H2,53,54,55). The van der Waals surface area contributed by atoms with E-state index in [4.69, 9.17) is 15.7 Å². The third kappa shape index (κ3) is 7.52. The van der Waals surface area contributed by atoms with Crippen molar-refractivity contribution in [2.45, 2.75) is 25.8 Å². The summed E-state index contributed by atoms with van der Waals surface area (Å²) in [5, 5.41) is 2.50. The molecule has 0 saturated heterocycles. The van der Waals surface area contributed by atoms with Gasteiger partial charge in [0.1, 0.15) is 5.84 Å². The van der Waals surface area contributed by atoms with Crippen molar-refractivity contribution in [2.75, 3.05) is 0 Å². The van der Waals surface area contributed by atoms with E-state index in [0.717, 1.165) is 30.4 Å². The molecule has 2 aliphatic carbocycles. The van der Waals surface area contributed by atoms with Crippen molar-refractivity contribution in [3.63, 3.8) is 0 Å². The summed E-state index contributed by atoms with van der Waals surface area (Å²) >= 11 is 1.83. The van der Waals surface area contributed by atoms with Crippen molar-refractivity contribution in [3.05, 3.63) is 210 Å². The number of aliphatic imine (C=N–C) groups is 2. The number of nitrogens with zero attached hydrogens (tertiary/aromatic N) is 2. The molecule has 1 heterocycles. The lowest BCUT2D eigenvalue weighted by Gasteiger charge is -2.14. The first-order valence-electron chi connectivity index (χ1n) is 19.3. The van der Waals surface area contributed by atoms with Crippen LogP contribution in [-0.4, -0.2) is 11.7 Å². The van der Waals surface area contributed by atoms with Gasteiger partial charge in [0.15, 0.2) is 5.84 Å². The lowest BCUT2D eigenvalue weighted by Crippen LogP contribution is -2.16. The molecule has 0 bridgehead atoms. The van der Waals surface area contributed by atoms with Gasteiger partial charge < -0.3 is 5.73 Å². The van der Waals surface area contributed by atoms with Crippen LogP contribution in [0.15, 0.2) is 204 Å². The van der Waals surface area contributed by atoms with Crippen LogP contribution in [-0.2, 0) is 6.54 Å². The summed E-state index contributed by atoms with van der Waals surface area (Å²) in [6, 6.07) is 50.0. The molecule has 4 heteroatoms. The third-order valence-electron chi connectivity index (χ3n) is 10.5. The van der Waals surface area contributed by atoms with Gasteiger partial charge in [-0.25, -0.2) is 4.99 Å². The second-order valence-electron chi connectivity index (χ2n) is 14.2. The summed E-state index contributed by atoms with van der Waals surface area (Å²) in [4.78, 5) is 10.0. The lowest BCUT2D eigenvalue weighted by atomic mass is 9.91. The Morgan fingerprint density at radius 3 is 2.05 bits per heavy atom. The van der Waals surface area contributed by atoms with E-state index in [-0.39, 0.29) is 0 Å². The molecule has 270 valence electrons. The lowest BCUT2D eigenvalue weighted by molar-refractivity contribution is 1.04. The van der Waals surface area contributed by atoms with Gasteiger partial charge in [-0.2, -0.15) is 0 Å². The Balaban J connectivity index is 1.06. The molecule has 9 rings (SSSR count). The molecule has 56 heavy (non-hydrogen) atoms. The summed E-state index contributed by atoms with van der Waals surface area (Å²) in [5.74, 6) is 1.09. The van der Waals surface area contributed by atoms with Gasteiger partial charge in [0.25, 0.3) is 0 Å². The average Bonchev–Trinajstić information content (AvgIpc) is 3.43. The van der Waals surface area contributed by atoms with Crippen LogP contribution in [0, 0.1) is 0 Å². The first kappa shape index (κ1) is 35.1. The molecule has 0 radical (unpaired) electrons. The van der Waals surface area contributed by atoms with Gasteiger partial charge in [-0.15, -0.1) is 11.3 Å². The van der Waals surface area contributed by atoms with E-state index in [9.17, 15) is 0 Å². The monoisotopic (exact) mass is 739 g/mol. The predicted molar refractivity (Wildman–Crippen MR) is 241 cm³/mol. The number of amidine groups is 2. The van der Waals surface area contributed by atoms with E-state index < -0.39 is 0 Å². The van der Waals surface area contributed by atoms with E-state index in [1.165, 1.54) is 70.3 Å². The molecular formula is C52H41N3S. The Labute approximate surface area is 332 Å². The summed E-state index contributed by atoms with van der Waals surface area (Å²) in [6.45, 7) is 0.484. The predicted octanol–water partition coefficient (Wildman–Crippen LogP) is 13.5. The Kier molecular flexibility index (Phi) is 10.0. The number of rotatable bonds is 8. The van der Waals surface area contributed by atoms with Crippen LogP contribution in [0.4, 0.5) is 0 Å². The Morgan fingerprint density at radius 1 is 0.571 bits per heavy atom. The Bertz CT molecular complexity index is 2780. The zero-order valence-corrected chi connectivity index (χ0v) is 31.9. The van der Waals surface area contributed by atoms with Crippen LogP contribution in [0.2, 0.25) is 0 Å². The summed E-state index contributed by atoms with van der Waals surface area (Å²) in [7, 11) is 0. The van der Waals surface area contributed by atoms with E-state index in [1.54, 1.807) is 0 Å². The maximum absolute atomic E-state index is 6.54. The van der Waals surface area contributed by atoms with Gasteiger partial charge in [0.05, 0.1) is 6.54 Å². The molecule has 6 aromatic carbocycles. The summed E-state index contributed by atoms with van der Waals surface area (Å²) in [6.07, 6.45) is 20.3. The minimum Gasteiger partial charge on any atom is -0.383 e. The van der Waals surface area contributed by atoms with E-state index >= 15 is 0 Å². The number of hydrogen-bond donors (Lipinski definition) is 1. The second-order valence-corrected chi connectivity index (χ2v) is 15.3. The quantitative estimate of drug-likeness (QED) is 0.122. The number of fused-ring (bicyclic) bond motifs is 3. The van der Waals surface area contributed by atoms with Crippen molar-refractivity contribution < 1.29 is 0 Å². The molecular weight excluding hydrogens is 699 g/mol. The number of hydrogen-bond acceptors (Lipinski definition) is 2. The second kappa shape index (κ2) is 16.0. The minimum absolute atomic E-state index is 0.453. The van der Waals surface area contributed by atoms with Crippen LogP contribution in [0.25, 0.3) is 59.1 Å². The molecule has 1 aromatic heterocycles. The molecule has 0 saturated carbocycles. The molecule has 0 amide bonds. The van der Waals surface area contributed by atoms with E-state index in [2.05, 4.69) is 152 Å². The summed E-state index contributed by atoms with van der Waals surface area (Å²) < 4.78 is 2.52. The fourth-order valence-corrected chi connectivity index (χ4v) is 8.67. The molecule has 2 N–H and O–H groups in total.